The summed E-state index contributed by atoms with van der Waals surface area (Å²) >= 11 is 0. The number of aliphatic carboxylic acids is 1. The number of aryl methyl sites for hydroxylation is 1. The number of nitrogens with zero attached hydrogens (tertiary/aromatic N) is 1. The highest BCUT2D eigenvalue weighted by Crippen LogP contribution is 2.33. The largest absolute Gasteiger partial charge is 0.479 e. The molecule has 2 amide bonds. The van der Waals surface area contributed by atoms with Crippen LogP contribution in [0.3, 0.4) is 0 Å². The second-order valence-corrected chi connectivity index (χ2v) is 9.28. The van der Waals surface area contributed by atoms with Crippen LogP contribution < -0.4 is 10.5 Å². The Balaban J connectivity index is 1.88. The number of rotatable bonds is 5. The van der Waals surface area contributed by atoms with E-state index in [1.54, 1.807) is 6.07 Å². The summed E-state index contributed by atoms with van der Waals surface area (Å²) in [6.45, 7) is 1.08. The summed E-state index contributed by atoms with van der Waals surface area (Å²) in [4.78, 5) is 23.9. The van der Waals surface area contributed by atoms with Gasteiger partial charge in [-0.1, -0.05) is 18.2 Å². The first-order valence-electron chi connectivity index (χ1n) is 9.13. The number of carboxylic acids is 1. The molecule has 2 aromatic carbocycles. The number of primary amides is 1. The zero-order valence-corrected chi connectivity index (χ0v) is 17.0. The first-order chi connectivity index (χ1) is 14.1. The molecule has 2 unspecified atom stereocenters. The van der Waals surface area contributed by atoms with Gasteiger partial charge >= 0.3 is 12.0 Å². The van der Waals surface area contributed by atoms with Crippen LogP contribution in [0, 0.1) is 6.92 Å². The number of hydrogen-bond acceptors (Lipinski definition) is 6. The molecule has 1 saturated heterocycles. The minimum Gasteiger partial charge on any atom is -0.479 e. The van der Waals surface area contributed by atoms with Crippen molar-refractivity contribution in [1.29, 1.82) is 0 Å². The summed E-state index contributed by atoms with van der Waals surface area (Å²) in [5.74, 6) is -0.714. The van der Waals surface area contributed by atoms with Gasteiger partial charge in [-0.05, 0) is 49.2 Å². The van der Waals surface area contributed by atoms with Gasteiger partial charge in [0.25, 0.3) is 0 Å². The lowest BCUT2D eigenvalue weighted by atomic mass is 9.92. The third kappa shape index (κ3) is 3.96. The van der Waals surface area contributed by atoms with E-state index in [1.807, 2.05) is 25.1 Å². The number of urea groups is 1. The lowest BCUT2D eigenvalue weighted by Crippen LogP contribution is -2.65. The summed E-state index contributed by atoms with van der Waals surface area (Å²) in [6.07, 6.45) is -0.268. The van der Waals surface area contributed by atoms with Gasteiger partial charge < -0.3 is 25.6 Å². The molecular weight excluding hydrogens is 412 g/mol. The standard InChI is InChI=1S/C20H22N2O7S/c1-13-4-2-3-5-16(13)29-14-6-8-15(9-7-14)30(27,28)17-10-11-22(19(21)25)12-20(17,26)18(23)24/h2-9,17,26H,10-12H2,1H3,(H2,21,25)(H,23,24). The number of benzene rings is 2. The summed E-state index contributed by atoms with van der Waals surface area (Å²) in [5, 5.41) is 18.5. The molecule has 1 fully saturated rings. The fourth-order valence-electron chi connectivity index (χ4n) is 3.45. The van der Waals surface area contributed by atoms with Crippen molar-refractivity contribution in [3.05, 3.63) is 54.1 Å². The Hall–Kier alpha value is -3.11. The highest BCUT2D eigenvalue weighted by Gasteiger charge is 2.55. The number of sulfone groups is 1. The number of hydrogen-bond donors (Lipinski definition) is 3. The summed E-state index contributed by atoms with van der Waals surface area (Å²) < 4.78 is 32.0. The molecule has 160 valence electrons. The lowest BCUT2D eigenvalue weighted by molar-refractivity contribution is -0.162. The van der Waals surface area contributed by atoms with Crippen molar-refractivity contribution in [2.45, 2.75) is 29.1 Å². The molecule has 2 aromatic rings. The molecule has 4 N–H and O–H groups in total. The number of aliphatic hydroxyl groups is 1. The van der Waals surface area contributed by atoms with E-state index >= 15 is 0 Å². The molecule has 0 bridgehead atoms. The average molecular weight is 434 g/mol. The van der Waals surface area contributed by atoms with Crippen LogP contribution in [0.4, 0.5) is 4.79 Å². The Kier molecular flexibility index (Phi) is 5.73. The normalized spacial score (nSPS) is 21.8. The molecule has 1 aliphatic rings. The number of β-amino-alcohol motifs (C(OH)–C–C–N with tert-alkyl or cyclic N) is 1. The molecule has 0 saturated carbocycles. The van der Waals surface area contributed by atoms with Gasteiger partial charge in [-0.2, -0.15) is 0 Å². The van der Waals surface area contributed by atoms with Gasteiger partial charge in [-0.25, -0.2) is 18.0 Å². The smallest absolute Gasteiger partial charge is 0.338 e. The van der Waals surface area contributed by atoms with Crippen LogP contribution in [0.1, 0.15) is 12.0 Å². The minimum absolute atomic E-state index is 0.0801. The topological polar surface area (TPSA) is 147 Å². The molecule has 1 heterocycles. The molecule has 0 radical (unpaired) electrons. The second kappa shape index (κ2) is 7.96. The van der Waals surface area contributed by atoms with Gasteiger partial charge in [0, 0.05) is 6.54 Å². The Morgan fingerprint density at radius 1 is 1.17 bits per heavy atom. The van der Waals surface area contributed by atoms with E-state index in [1.165, 1.54) is 24.3 Å². The number of piperidine rings is 1. The van der Waals surface area contributed by atoms with Crippen molar-refractivity contribution in [3.8, 4) is 11.5 Å². The molecule has 0 aliphatic carbocycles. The van der Waals surface area contributed by atoms with Gasteiger partial charge in [-0.15, -0.1) is 0 Å². The summed E-state index contributed by atoms with van der Waals surface area (Å²) in [7, 11) is -4.23. The first kappa shape index (κ1) is 21.6. The van der Waals surface area contributed by atoms with Gasteiger partial charge in [0.2, 0.25) is 0 Å². The lowest BCUT2D eigenvalue weighted by Gasteiger charge is -2.40. The van der Waals surface area contributed by atoms with Crippen molar-refractivity contribution in [2.24, 2.45) is 5.73 Å². The molecule has 30 heavy (non-hydrogen) atoms. The number of carbonyl (C=O) groups excluding carboxylic acids is 1. The third-order valence-corrected chi connectivity index (χ3v) is 7.46. The van der Waals surface area contributed by atoms with Crippen molar-refractivity contribution >= 4 is 21.8 Å². The fourth-order valence-corrected chi connectivity index (χ4v) is 5.40. The maximum Gasteiger partial charge on any atom is 0.338 e. The van der Waals surface area contributed by atoms with Crippen molar-refractivity contribution in [1.82, 2.24) is 4.90 Å². The average Bonchev–Trinajstić information content (AvgIpc) is 2.69. The van der Waals surface area contributed by atoms with E-state index in [0.717, 1.165) is 10.5 Å². The van der Waals surface area contributed by atoms with Gasteiger partial charge in [-0.3, -0.25) is 0 Å². The number of likely N-dealkylation sites (tertiary alicyclic amines) is 1. The Labute approximate surface area is 173 Å². The van der Waals surface area contributed by atoms with Crippen LogP contribution in [-0.2, 0) is 14.6 Å². The molecular formula is C20H22N2O7S. The fraction of sp³-hybridized carbons (Fsp3) is 0.300. The molecule has 9 nitrogen and oxygen atoms in total. The monoisotopic (exact) mass is 434 g/mol. The van der Waals surface area contributed by atoms with Crippen molar-refractivity contribution < 1.29 is 33.0 Å². The maximum absolute atomic E-state index is 13.1. The van der Waals surface area contributed by atoms with Crippen LogP contribution in [0.2, 0.25) is 0 Å². The number of nitrogens with two attached hydrogens (primary N) is 1. The predicted molar refractivity (Wildman–Crippen MR) is 107 cm³/mol. The van der Waals surface area contributed by atoms with E-state index in [0.29, 0.717) is 11.5 Å². The third-order valence-electron chi connectivity index (χ3n) is 5.16. The molecule has 2 atom stereocenters. The number of carboxylic acid groups (broad SMARTS) is 1. The van der Waals surface area contributed by atoms with Crippen LogP contribution in [-0.4, -0.2) is 59.5 Å². The van der Waals surface area contributed by atoms with E-state index in [2.05, 4.69) is 0 Å². The van der Waals surface area contributed by atoms with E-state index in [-0.39, 0.29) is 17.9 Å². The van der Waals surface area contributed by atoms with Crippen molar-refractivity contribution in [3.63, 3.8) is 0 Å². The van der Waals surface area contributed by atoms with Crippen LogP contribution in [0.15, 0.2) is 53.4 Å². The predicted octanol–water partition coefficient (Wildman–Crippen LogP) is 1.53. The zero-order chi connectivity index (χ0) is 22.1. The molecule has 10 heteroatoms. The van der Waals surface area contributed by atoms with Crippen LogP contribution >= 0.6 is 0 Å². The number of ether oxygens (including phenoxy) is 1. The Bertz CT molecular complexity index is 1070. The number of para-hydroxylation sites is 1. The number of carbonyl (C=O) groups is 2. The summed E-state index contributed by atoms with van der Waals surface area (Å²) in [6, 6.07) is 11.9. The number of amides is 2. The highest BCUT2D eigenvalue weighted by atomic mass is 32.2. The molecule has 3 rings (SSSR count). The SMILES string of the molecule is Cc1ccccc1Oc1ccc(S(=O)(=O)C2CCN(C(N)=O)CC2(O)C(=O)O)cc1. The van der Waals surface area contributed by atoms with Crippen LogP contribution in [0.25, 0.3) is 0 Å². The molecule has 0 aromatic heterocycles. The van der Waals surface area contributed by atoms with Gasteiger partial charge in [0.1, 0.15) is 16.7 Å². The van der Waals surface area contributed by atoms with E-state index in [9.17, 15) is 28.2 Å². The van der Waals surface area contributed by atoms with E-state index < -0.39 is 39.2 Å². The zero-order valence-electron chi connectivity index (χ0n) is 16.2. The first-order valence-corrected chi connectivity index (χ1v) is 10.7. The van der Waals surface area contributed by atoms with Gasteiger partial charge in [0.15, 0.2) is 15.4 Å². The maximum atomic E-state index is 13.1. The summed E-state index contributed by atoms with van der Waals surface area (Å²) in [5.41, 5.74) is 3.39. The molecule has 0 spiro atoms. The Morgan fingerprint density at radius 3 is 2.37 bits per heavy atom. The highest BCUT2D eigenvalue weighted by molar-refractivity contribution is 7.92. The van der Waals surface area contributed by atoms with Crippen molar-refractivity contribution in [2.75, 3.05) is 13.1 Å². The Morgan fingerprint density at radius 2 is 1.80 bits per heavy atom. The molecule has 1 aliphatic heterocycles. The second-order valence-electron chi connectivity index (χ2n) is 7.15. The minimum atomic E-state index is -4.23. The van der Waals surface area contributed by atoms with E-state index in [4.69, 9.17) is 10.5 Å². The van der Waals surface area contributed by atoms with Gasteiger partial charge in [0.05, 0.1) is 11.4 Å². The van der Waals surface area contributed by atoms with Crippen LogP contribution in [0.5, 0.6) is 11.5 Å². The quantitative estimate of drug-likeness (QED) is 0.646.